The van der Waals surface area contributed by atoms with Crippen LogP contribution >= 0.6 is 11.8 Å². The van der Waals surface area contributed by atoms with Crippen LogP contribution in [-0.2, 0) is 4.79 Å². The molecule has 2 heterocycles. The molecule has 0 N–H and O–H groups in total. The molecule has 0 unspecified atom stereocenters. The predicted octanol–water partition coefficient (Wildman–Crippen LogP) is 3.23. The second-order valence-corrected chi connectivity index (χ2v) is 6.66. The number of halogens is 1. The highest BCUT2D eigenvalue weighted by Gasteiger charge is 2.21. The molecule has 1 saturated heterocycles. The number of carbonyl (C=O) groups excluding carboxylic acids is 1. The van der Waals surface area contributed by atoms with Crippen molar-refractivity contribution in [3.05, 3.63) is 30.1 Å². The number of thioether (sulfide) groups is 1. The van der Waals surface area contributed by atoms with E-state index in [1.807, 2.05) is 4.90 Å². The van der Waals surface area contributed by atoms with Crippen LogP contribution in [0.1, 0.15) is 19.8 Å². The van der Waals surface area contributed by atoms with Gasteiger partial charge in [0.25, 0.3) is 5.22 Å². The maximum atomic E-state index is 12.9. The Morgan fingerprint density at radius 1 is 1.30 bits per heavy atom. The van der Waals surface area contributed by atoms with E-state index in [4.69, 9.17) is 4.42 Å². The fourth-order valence-electron chi connectivity index (χ4n) is 2.45. The zero-order valence-electron chi connectivity index (χ0n) is 12.9. The van der Waals surface area contributed by atoms with Gasteiger partial charge < -0.3 is 9.32 Å². The van der Waals surface area contributed by atoms with Crippen LogP contribution in [0, 0.1) is 11.7 Å². The van der Waals surface area contributed by atoms with E-state index in [9.17, 15) is 9.18 Å². The van der Waals surface area contributed by atoms with Crippen molar-refractivity contribution >= 4 is 17.7 Å². The number of carbonyl (C=O) groups is 1. The molecule has 0 bridgehead atoms. The predicted molar refractivity (Wildman–Crippen MR) is 85.4 cm³/mol. The number of amides is 1. The summed E-state index contributed by atoms with van der Waals surface area (Å²) in [5.74, 6) is 1.10. The molecule has 122 valence electrons. The molecule has 1 aromatic carbocycles. The van der Waals surface area contributed by atoms with Crippen LogP contribution in [0.3, 0.4) is 0 Å². The largest absolute Gasteiger partial charge is 0.411 e. The Balaban J connectivity index is 1.55. The molecule has 7 heteroatoms. The van der Waals surface area contributed by atoms with Gasteiger partial charge in [0.15, 0.2) is 0 Å². The first-order chi connectivity index (χ1) is 11.1. The summed E-state index contributed by atoms with van der Waals surface area (Å²) in [5, 5.41) is 8.21. The standard InChI is InChI=1S/C16H18FN3O2S/c1-11-6-8-20(9-7-11)14(21)10-23-16-19-18-15(22-16)12-2-4-13(17)5-3-12/h2-5,11H,6-10H2,1H3. The maximum absolute atomic E-state index is 12.9. The highest BCUT2D eigenvalue weighted by Crippen LogP contribution is 2.24. The Bertz CT molecular complexity index is 666. The van der Waals surface area contributed by atoms with Gasteiger partial charge >= 0.3 is 0 Å². The number of rotatable bonds is 4. The van der Waals surface area contributed by atoms with Crippen molar-refractivity contribution in [1.29, 1.82) is 0 Å². The first-order valence-corrected chi connectivity index (χ1v) is 8.60. The number of aromatic nitrogens is 2. The van der Waals surface area contributed by atoms with Gasteiger partial charge in [-0.25, -0.2) is 4.39 Å². The SMILES string of the molecule is CC1CCN(C(=O)CSc2nnc(-c3ccc(F)cc3)o2)CC1. The van der Waals surface area contributed by atoms with Gasteiger partial charge in [-0.15, -0.1) is 10.2 Å². The van der Waals surface area contributed by atoms with Gasteiger partial charge in [0, 0.05) is 18.7 Å². The summed E-state index contributed by atoms with van der Waals surface area (Å²) in [7, 11) is 0. The second-order valence-electron chi connectivity index (χ2n) is 5.73. The minimum Gasteiger partial charge on any atom is -0.411 e. The van der Waals surface area contributed by atoms with E-state index < -0.39 is 0 Å². The molecule has 1 aliphatic heterocycles. The molecule has 23 heavy (non-hydrogen) atoms. The Morgan fingerprint density at radius 2 is 2.00 bits per heavy atom. The van der Waals surface area contributed by atoms with Crippen molar-refractivity contribution in [2.75, 3.05) is 18.8 Å². The lowest BCUT2D eigenvalue weighted by molar-refractivity contribution is -0.129. The summed E-state index contributed by atoms with van der Waals surface area (Å²) in [5.41, 5.74) is 0.655. The van der Waals surface area contributed by atoms with Crippen LogP contribution in [0.15, 0.2) is 33.9 Å². The highest BCUT2D eigenvalue weighted by molar-refractivity contribution is 7.99. The van der Waals surface area contributed by atoms with Crippen LogP contribution in [0.25, 0.3) is 11.5 Å². The normalized spacial score (nSPS) is 15.8. The number of piperidine rings is 1. The number of likely N-dealkylation sites (tertiary alicyclic amines) is 1. The molecule has 1 amide bonds. The molecular formula is C16H18FN3O2S. The van der Waals surface area contributed by atoms with Gasteiger partial charge in [-0.1, -0.05) is 18.7 Å². The Labute approximate surface area is 138 Å². The topological polar surface area (TPSA) is 59.2 Å². The lowest BCUT2D eigenvalue weighted by Crippen LogP contribution is -2.38. The van der Waals surface area contributed by atoms with Crippen molar-refractivity contribution < 1.29 is 13.6 Å². The van der Waals surface area contributed by atoms with Crippen molar-refractivity contribution in [2.45, 2.75) is 25.0 Å². The van der Waals surface area contributed by atoms with E-state index in [0.29, 0.717) is 28.3 Å². The van der Waals surface area contributed by atoms with Crippen LogP contribution in [-0.4, -0.2) is 39.8 Å². The van der Waals surface area contributed by atoms with Gasteiger partial charge in [-0.05, 0) is 43.0 Å². The molecule has 0 spiro atoms. The zero-order chi connectivity index (χ0) is 16.2. The summed E-state index contributed by atoms with van der Waals surface area (Å²) in [6.45, 7) is 3.86. The van der Waals surface area contributed by atoms with Gasteiger partial charge in [0.05, 0.1) is 5.75 Å². The van der Waals surface area contributed by atoms with Gasteiger partial charge in [-0.3, -0.25) is 4.79 Å². The van der Waals surface area contributed by atoms with E-state index in [0.717, 1.165) is 25.9 Å². The Morgan fingerprint density at radius 3 is 2.70 bits per heavy atom. The number of nitrogens with zero attached hydrogens (tertiary/aromatic N) is 3. The van der Waals surface area contributed by atoms with E-state index in [-0.39, 0.29) is 11.7 Å². The first-order valence-electron chi connectivity index (χ1n) is 7.62. The highest BCUT2D eigenvalue weighted by atomic mass is 32.2. The molecule has 0 atom stereocenters. The Hall–Kier alpha value is -1.89. The average Bonchev–Trinajstić information content (AvgIpc) is 3.03. The molecule has 3 rings (SSSR count). The molecule has 5 nitrogen and oxygen atoms in total. The summed E-state index contributed by atoms with van der Waals surface area (Å²) in [4.78, 5) is 14.1. The number of hydrogen-bond acceptors (Lipinski definition) is 5. The van der Waals surface area contributed by atoms with Crippen LogP contribution < -0.4 is 0 Å². The van der Waals surface area contributed by atoms with Crippen molar-refractivity contribution in [1.82, 2.24) is 15.1 Å². The Kier molecular flexibility index (Phi) is 4.95. The summed E-state index contributed by atoms with van der Waals surface area (Å²) in [6.07, 6.45) is 2.12. The first kappa shape index (κ1) is 16.0. The second kappa shape index (κ2) is 7.12. The smallest absolute Gasteiger partial charge is 0.277 e. The fourth-order valence-corrected chi connectivity index (χ4v) is 3.12. The minimum atomic E-state index is -0.315. The summed E-state index contributed by atoms with van der Waals surface area (Å²) < 4.78 is 18.4. The summed E-state index contributed by atoms with van der Waals surface area (Å²) in [6, 6.07) is 5.84. The van der Waals surface area contributed by atoms with Gasteiger partial charge in [-0.2, -0.15) is 0 Å². The molecule has 0 aliphatic carbocycles. The number of benzene rings is 1. The average molecular weight is 335 g/mol. The molecule has 2 aromatic rings. The third-order valence-corrected chi connectivity index (χ3v) is 4.76. The molecule has 1 aliphatic rings. The van der Waals surface area contributed by atoms with Crippen LogP contribution in [0.5, 0.6) is 0 Å². The maximum Gasteiger partial charge on any atom is 0.277 e. The van der Waals surface area contributed by atoms with E-state index >= 15 is 0 Å². The minimum absolute atomic E-state index is 0.100. The van der Waals surface area contributed by atoms with Gasteiger partial charge in [0.1, 0.15) is 5.82 Å². The molecule has 1 aromatic heterocycles. The third kappa shape index (κ3) is 4.10. The lowest BCUT2D eigenvalue weighted by Gasteiger charge is -2.30. The summed E-state index contributed by atoms with van der Waals surface area (Å²) >= 11 is 1.24. The zero-order valence-corrected chi connectivity index (χ0v) is 13.7. The van der Waals surface area contributed by atoms with Crippen LogP contribution in [0.4, 0.5) is 4.39 Å². The fraction of sp³-hybridized carbons (Fsp3) is 0.438. The quantitative estimate of drug-likeness (QED) is 0.803. The number of hydrogen-bond donors (Lipinski definition) is 0. The van der Waals surface area contributed by atoms with Crippen molar-refractivity contribution in [3.8, 4) is 11.5 Å². The van der Waals surface area contributed by atoms with Crippen molar-refractivity contribution in [2.24, 2.45) is 5.92 Å². The molecule has 0 radical (unpaired) electrons. The van der Waals surface area contributed by atoms with E-state index in [2.05, 4.69) is 17.1 Å². The third-order valence-electron chi connectivity index (χ3n) is 3.95. The molecule has 0 saturated carbocycles. The van der Waals surface area contributed by atoms with E-state index in [1.54, 1.807) is 12.1 Å². The lowest BCUT2D eigenvalue weighted by atomic mass is 9.99. The van der Waals surface area contributed by atoms with Gasteiger partial charge in [0.2, 0.25) is 11.8 Å². The molecule has 1 fully saturated rings. The van der Waals surface area contributed by atoms with Crippen molar-refractivity contribution in [3.63, 3.8) is 0 Å². The van der Waals surface area contributed by atoms with E-state index in [1.165, 1.54) is 23.9 Å². The monoisotopic (exact) mass is 335 g/mol. The van der Waals surface area contributed by atoms with Crippen LogP contribution in [0.2, 0.25) is 0 Å². The molecular weight excluding hydrogens is 317 g/mol.